The lowest BCUT2D eigenvalue weighted by atomic mass is 9.90. The quantitative estimate of drug-likeness (QED) is 0.898. The Kier molecular flexibility index (Phi) is 3.69. The average molecular weight is 254 g/mol. The molecule has 0 aliphatic carbocycles. The minimum absolute atomic E-state index is 0.0912. The highest BCUT2D eigenvalue weighted by molar-refractivity contribution is 5.21. The molecule has 2 atom stereocenters. The fraction of sp³-hybridized carbons (Fsp3) is 0.571. The Morgan fingerprint density at radius 3 is 2.67 bits per heavy atom. The second-order valence-electron chi connectivity index (χ2n) is 5.58. The predicted molar refractivity (Wildman–Crippen MR) is 68.1 cm³/mol. The van der Waals surface area contributed by atoms with Crippen LogP contribution in [0, 0.1) is 17.0 Å². The molecule has 0 aromatic heterocycles. The molecule has 1 aromatic rings. The molecule has 0 radical (unpaired) electrons. The Balaban J connectivity index is 2.12. The molecule has 2 unspecified atom stereocenters. The summed E-state index contributed by atoms with van der Waals surface area (Å²) in [6.07, 6.45) is 1.05. The highest BCUT2D eigenvalue weighted by atomic mass is 19.2. The topological polar surface area (TPSA) is 29.3 Å². The molecule has 1 aromatic carbocycles. The van der Waals surface area contributed by atoms with Crippen molar-refractivity contribution in [1.82, 2.24) is 4.90 Å². The van der Waals surface area contributed by atoms with Crippen LogP contribution in [0.25, 0.3) is 0 Å². The van der Waals surface area contributed by atoms with Gasteiger partial charge in [0.1, 0.15) is 0 Å². The number of hydrogen-bond acceptors (Lipinski definition) is 2. The van der Waals surface area contributed by atoms with Gasteiger partial charge in [0, 0.05) is 12.6 Å². The maximum absolute atomic E-state index is 13.2. The first-order valence-electron chi connectivity index (χ1n) is 6.34. The van der Waals surface area contributed by atoms with Crippen LogP contribution in [0.15, 0.2) is 18.2 Å². The lowest BCUT2D eigenvalue weighted by Gasteiger charge is -2.27. The first-order chi connectivity index (χ1) is 8.45. The molecule has 0 saturated carbocycles. The maximum Gasteiger partial charge on any atom is 0.159 e. The number of hydrogen-bond donors (Lipinski definition) is 1. The van der Waals surface area contributed by atoms with E-state index in [4.69, 9.17) is 5.73 Å². The van der Waals surface area contributed by atoms with Gasteiger partial charge in [-0.25, -0.2) is 8.78 Å². The molecule has 4 heteroatoms. The smallest absolute Gasteiger partial charge is 0.159 e. The minimum atomic E-state index is -0.792. The van der Waals surface area contributed by atoms with E-state index >= 15 is 0 Å². The highest BCUT2D eigenvalue weighted by Gasteiger charge is 2.34. The number of halogens is 2. The van der Waals surface area contributed by atoms with Crippen LogP contribution in [-0.2, 0) is 0 Å². The number of nitrogens with two attached hydrogens (primary N) is 1. The van der Waals surface area contributed by atoms with E-state index in [9.17, 15) is 8.78 Å². The molecule has 2 N–H and O–H groups in total. The minimum Gasteiger partial charge on any atom is -0.330 e. The fourth-order valence-electron chi connectivity index (χ4n) is 2.54. The van der Waals surface area contributed by atoms with E-state index in [1.807, 2.05) is 6.92 Å². The van der Waals surface area contributed by atoms with Crippen LogP contribution < -0.4 is 5.73 Å². The van der Waals surface area contributed by atoms with Crippen molar-refractivity contribution >= 4 is 0 Å². The summed E-state index contributed by atoms with van der Waals surface area (Å²) in [4.78, 5) is 2.28. The predicted octanol–water partition coefficient (Wildman–Crippen LogP) is 2.70. The summed E-state index contributed by atoms with van der Waals surface area (Å²) in [6.45, 7) is 6.71. The maximum atomic E-state index is 13.2. The van der Waals surface area contributed by atoms with Gasteiger partial charge < -0.3 is 5.73 Å². The Labute approximate surface area is 107 Å². The Morgan fingerprint density at radius 1 is 1.39 bits per heavy atom. The van der Waals surface area contributed by atoms with Crippen LogP contribution in [0.3, 0.4) is 0 Å². The van der Waals surface area contributed by atoms with E-state index in [1.165, 1.54) is 12.1 Å². The van der Waals surface area contributed by atoms with Gasteiger partial charge >= 0.3 is 0 Å². The van der Waals surface area contributed by atoms with Gasteiger partial charge in [0.25, 0.3) is 0 Å². The summed E-state index contributed by atoms with van der Waals surface area (Å²) in [5.41, 5.74) is 6.74. The lowest BCUT2D eigenvalue weighted by molar-refractivity contribution is 0.226. The number of benzene rings is 1. The van der Waals surface area contributed by atoms with Gasteiger partial charge in [-0.1, -0.05) is 13.0 Å². The van der Waals surface area contributed by atoms with Gasteiger partial charge in [-0.05, 0) is 49.5 Å². The normalized spacial score (nSPS) is 26.5. The molecule has 1 aliphatic heterocycles. The third-order valence-corrected chi connectivity index (χ3v) is 4.05. The third kappa shape index (κ3) is 2.54. The van der Waals surface area contributed by atoms with Crippen LogP contribution >= 0.6 is 0 Å². The van der Waals surface area contributed by atoms with Crippen molar-refractivity contribution < 1.29 is 8.78 Å². The molecule has 100 valence electrons. The van der Waals surface area contributed by atoms with Crippen molar-refractivity contribution in [3.8, 4) is 0 Å². The first kappa shape index (κ1) is 13.4. The second kappa shape index (κ2) is 4.94. The van der Waals surface area contributed by atoms with E-state index in [1.54, 1.807) is 6.07 Å². The third-order valence-electron chi connectivity index (χ3n) is 4.05. The Hall–Kier alpha value is -1.00. The van der Waals surface area contributed by atoms with Gasteiger partial charge in [0.2, 0.25) is 0 Å². The van der Waals surface area contributed by atoms with E-state index in [-0.39, 0.29) is 11.5 Å². The zero-order valence-corrected chi connectivity index (χ0v) is 10.9. The zero-order valence-electron chi connectivity index (χ0n) is 10.9. The first-order valence-corrected chi connectivity index (χ1v) is 6.34. The van der Waals surface area contributed by atoms with Gasteiger partial charge in [0.15, 0.2) is 11.6 Å². The molecule has 1 fully saturated rings. The highest BCUT2D eigenvalue weighted by Crippen LogP contribution is 2.34. The Morgan fingerprint density at radius 2 is 2.11 bits per heavy atom. The van der Waals surface area contributed by atoms with Gasteiger partial charge in [-0.15, -0.1) is 0 Å². The van der Waals surface area contributed by atoms with E-state index in [2.05, 4.69) is 11.8 Å². The van der Waals surface area contributed by atoms with E-state index in [0.717, 1.165) is 25.1 Å². The monoisotopic (exact) mass is 254 g/mol. The van der Waals surface area contributed by atoms with Crippen LogP contribution in [0.4, 0.5) is 8.78 Å². The van der Waals surface area contributed by atoms with Crippen molar-refractivity contribution in [1.29, 1.82) is 0 Å². The van der Waals surface area contributed by atoms with E-state index < -0.39 is 11.6 Å². The average Bonchev–Trinajstić information content (AvgIpc) is 2.75. The fourth-order valence-corrected chi connectivity index (χ4v) is 2.54. The van der Waals surface area contributed by atoms with Crippen molar-refractivity contribution in [2.75, 3.05) is 19.6 Å². The molecule has 2 nitrogen and oxygen atoms in total. The molecule has 18 heavy (non-hydrogen) atoms. The van der Waals surface area contributed by atoms with E-state index in [0.29, 0.717) is 6.54 Å². The Bertz CT molecular complexity index is 436. The molecule has 2 rings (SSSR count). The van der Waals surface area contributed by atoms with Gasteiger partial charge in [0.05, 0.1) is 0 Å². The summed E-state index contributed by atoms with van der Waals surface area (Å²) in [6, 6.07) is 4.23. The summed E-state index contributed by atoms with van der Waals surface area (Å²) >= 11 is 0. The van der Waals surface area contributed by atoms with Crippen LogP contribution in [0.2, 0.25) is 0 Å². The van der Waals surface area contributed by atoms with Crippen molar-refractivity contribution in [2.45, 2.75) is 26.3 Å². The number of nitrogens with zero attached hydrogens (tertiary/aromatic N) is 1. The standard InChI is InChI=1S/C14H20F2N2/c1-10(11-3-4-12(15)13(16)7-11)18-6-5-14(2,8-17)9-18/h3-4,7,10H,5-6,8-9,17H2,1-2H3. The van der Waals surface area contributed by atoms with Crippen LogP contribution in [0.1, 0.15) is 31.9 Å². The van der Waals surface area contributed by atoms with Crippen LogP contribution in [-0.4, -0.2) is 24.5 Å². The molecule has 0 spiro atoms. The van der Waals surface area contributed by atoms with Crippen molar-refractivity contribution in [2.24, 2.45) is 11.1 Å². The summed E-state index contributed by atoms with van der Waals surface area (Å²) in [7, 11) is 0. The lowest BCUT2D eigenvalue weighted by Crippen LogP contribution is -2.32. The largest absolute Gasteiger partial charge is 0.330 e. The van der Waals surface area contributed by atoms with Gasteiger partial charge in [-0.2, -0.15) is 0 Å². The molecule has 0 bridgehead atoms. The second-order valence-corrected chi connectivity index (χ2v) is 5.58. The molecular formula is C14H20F2N2. The molecule has 1 aliphatic rings. The van der Waals surface area contributed by atoms with Crippen molar-refractivity contribution in [3.05, 3.63) is 35.4 Å². The molecular weight excluding hydrogens is 234 g/mol. The molecule has 1 saturated heterocycles. The molecule has 0 amide bonds. The summed E-state index contributed by atoms with van der Waals surface area (Å²) in [5, 5.41) is 0. The molecule has 1 heterocycles. The van der Waals surface area contributed by atoms with Crippen molar-refractivity contribution in [3.63, 3.8) is 0 Å². The SMILES string of the molecule is CC(c1ccc(F)c(F)c1)N1CCC(C)(CN)C1. The van der Waals surface area contributed by atoms with Crippen LogP contribution in [0.5, 0.6) is 0 Å². The summed E-state index contributed by atoms with van der Waals surface area (Å²) in [5.74, 6) is -1.57. The number of likely N-dealkylation sites (tertiary alicyclic amines) is 1. The van der Waals surface area contributed by atoms with Gasteiger partial charge in [-0.3, -0.25) is 4.90 Å². The summed E-state index contributed by atoms with van der Waals surface area (Å²) < 4.78 is 26.1. The number of rotatable bonds is 3. The zero-order chi connectivity index (χ0) is 13.3.